The minimum Gasteiger partial charge on any atom is -0.326 e. The fourth-order valence-corrected chi connectivity index (χ4v) is 3.51. The van der Waals surface area contributed by atoms with Crippen LogP contribution in [0.15, 0.2) is 24.3 Å². The second kappa shape index (κ2) is 6.93. The van der Waals surface area contributed by atoms with Gasteiger partial charge in [-0.2, -0.15) is 0 Å². The summed E-state index contributed by atoms with van der Waals surface area (Å²) < 4.78 is 0. The number of halogens is 1. The van der Waals surface area contributed by atoms with Crippen LogP contribution in [0.1, 0.15) is 51.6 Å². The van der Waals surface area contributed by atoms with Crippen molar-refractivity contribution in [3.05, 3.63) is 34.9 Å². The Labute approximate surface area is 128 Å². The Kier molecular flexibility index (Phi) is 5.48. The lowest BCUT2D eigenvalue weighted by molar-refractivity contribution is 0.0625. The van der Waals surface area contributed by atoms with Gasteiger partial charge in [-0.25, -0.2) is 0 Å². The zero-order chi connectivity index (χ0) is 14.7. The topological polar surface area (TPSA) is 29.3 Å². The van der Waals surface area contributed by atoms with Gasteiger partial charge >= 0.3 is 0 Å². The van der Waals surface area contributed by atoms with Crippen LogP contribution in [0.25, 0.3) is 0 Å². The maximum Gasteiger partial charge on any atom is 0.0502 e. The molecule has 1 fully saturated rings. The number of piperidine rings is 1. The van der Waals surface area contributed by atoms with Crippen LogP contribution in [0.2, 0.25) is 5.02 Å². The van der Waals surface area contributed by atoms with Crippen LogP contribution in [-0.4, -0.2) is 23.5 Å². The van der Waals surface area contributed by atoms with Crippen molar-refractivity contribution in [3.8, 4) is 0 Å². The van der Waals surface area contributed by atoms with E-state index < -0.39 is 0 Å². The van der Waals surface area contributed by atoms with Gasteiger partial charge in [-0.1, -0.05) is 37.6 Å². The highest BCUT2D eigenvalue weighted by Gasteiger charge is 2.32. The van der Waals surface area contributed by atoms with Gasteiger partial charge in [0.25, 0.3) is 0 Å². The first-order valence-corrected chi connectivity index (χ1v) is 8.17. The fraction of sp³-hybridized carbons (Fsp3) is 0.647. The van der Waals surface area contributed by atoms with E-state index in [-0.39, 0.29) is 12.1 Å². The average molecular weight is 295 g/mol. The van der Waals surface area contributed by atoms with Gasteiger partial charge in [0.15, 0.2) is 0 Å². The molecule has 0 amide bonds. The molecule has 2 nitrogen and oxygen atoms in total. The highest BCUT2D eigenvalue weighted by Crippen LogP contribution is 2.34. The van der Waals surface area contributed by atoms with Crippen LogP contribution in [0.4, 0.5) is 0 Å². The van der Waals surface area contributed by atoms with E-state index in [1.54, 1.807) is 0 Å². The maximum atomic E-state index is 6.45. The van der Waals surface area contributed by atoms with Crippen LogP contribution in [-0.2, 0) is 0 Å². The molecule has 0 radical (unpaired) electrons. The summed E-state index contributed by atoms with van der Waals surface area (Å²) in [5.41, 5.74) is 7.71. The molecule has 1 aromatic rings. The maximum absolute atomic E-state index is 6.45. The molecule has 0 bridgehead atoms. The van der Waals surface area contributed by atoms with Crippen LogP contribution in [0, 0.1) is 5.92 Å². The summed E-state index contributed by atoms with van der Waals surface area (Å²) in [7, 11) is 0. The van der Waals surface area contributed by atoms with Gasteiger partial charge in [-0.15, -0.1) is 0 Å². The third kappa shape index (κ3) is 3.55. The molecular weight excluding hydrogens is 268 g/mol. The smallest absolute Gasteiger partial charge is 0.0502 e. The Morgan fingerprint density at radius 3 is 2.75 bits per heavy atom. The molecule has 0 saturated carbocycles. The third-order valence-electron chi connectivity index (χ3n) is 4.59. The summed E-state index contributed by atoms with van der Waals surface area (Å²) in [6.45, 7) is 7.96. The standard InChI is InChI=1S/C17H27ClN2/c1-4-16(19)17(14-6-5-7-15(18)10-14)20-11-12(2)8-9-13(20)3/h5-7,10,12-13,16-17H,4,8-9,11,19H2,1-3H3. The van der Waals surface area contributed by atoms with Crippen molar-refractivity contribution in [1.29, 1.82) is 0 Å². The number of likely N-dealkylation sites (tertiary alicyclic amines) is 1. The van der Waals surface area contributed by atoms with E-state index in [0.717, 1.165) is 23.9 Å². The zero-order valence-corrected chi connectivity index (χ0v) is 13.6. The molecule has 0 spiro atoms. The van der Waals surface area contributed by atoms with Crippen molar-refractivity contribution in [3.63, 3.8) is 0 Å². The van der Waals surface area contributed by atoms with Crippen LogP contribution in [0.5, 0.6) is 0 Å². The normalized spacial score (nSPS) is 27.2. The second-order valence-corrected chi connectivity index (χ2v) is 6.74. The fourth-order valence-electron chi connectivity index (χ4n) is 3.31. The molecule has 4 atom stereocenters. The van der Waals surface area contributed by atoms with E-state index in [0.29, 0.717) is 6.04 Å². The minimum absolute atomic E-state index is 0.154. The number of nitrogens with zero attached hydrogens (tertiary/aromatic N) is 1. The van der Waals surface area contributed by atoms with Crippen molar-refractivity contribution < 1.29 is 0 Å². The molecule has 1 aromatic carbocycles. The molecule has 1 aliphatic rings. The first-order valence-electron chi connectivity index (χ1n) is 7.79. The Hall–Kier alpha value is -0.570. The molecule has 20 heavy (non-hydrogen) atoms. The van der Waals surface area contributed by atoms with Crippen molar-refractivity contribution >= 4 is 11.6 Å². The van der Waals surface area contributed by atoms with E-state index in [9.17, 15) is 0 Å². The van der Waals surface area contributed by atoms with E-state index in [1.807, 2.05) is 12.1 Å². The molecular formula is C17H27ClN2. The van der Waals surface area contributed by atoms with Gasteiger partial charge in [0.1, 0.15) is 0 Å². The molecule has 2 N–H and O–H groups in total. The van der Waals surface area contributed by atoms with E-state index in [2.05, 4.69) is 37.8 Å². The predicted molar refractivity (Wildman–Crippen MR) is 87.0 cm³/mol. The van der Waals surface area contributed by atoms with Gasteiger partial charge in [-0.3, -0.25) is 4.90 Å². The Bertz CT molecular complexity index is 435. The molecule has 1 aliphatic heterocycles. The minimum atomic E-state index is 0.154. The average Bonchev–Trinajstić information content (AvgIpc) is 2.43. The van der Waals surface area contributed by atoms with Crippen LogP contribution in [0.3, 0.4) is 0 Å². The Morgan fingerprint density at radius 2 is 2.10 bits per heavy atom. The Morgan fingerprint density at radius 1 is 1.35 bits per heavy atom. The largest absolute Gasteiger partial charge is 0.326 e. The molecule has 1 heterocycles. The van der Waals surface area contributed by atoms with Crippen molar-refractivity contribution in [2.75, 3.05) is 6.54 Å². The summed E-state index contributed by atoms with van der Waals surface area (Å²) in [5.74, 6) is 0.747. The van der Waals surface area contributed by atoms with Gasteiger partial charge in [0.05, 0.1) is 6.04 Å². The molecule has 3 heteroatoms. The van der Waals surface area contributed by atoms with E-state index in [1.165, 1.54) is 18.4 Å². The predicted octanol–water partition coefficient (Wildman–Crippen LogP) is 4.24. The molecule has 2 rings (SSSR count). The number of nitrogens with two attached hydrogens (primary N) is 1. The van der Waals surface area contributed by atoms with Crippen molar-refractivity contribution in [2.24, 2.45) is 11.7 Å². The second-order valence-electron chi connectivity index (χ2n) is 6.30. The summed E-state index contributed by atoms with van der Waals surface area (Å²) in [4.78, 5) is 2.59. The van der Waals surface area contributed by atoms with Gasteiger partial charge < -0.3 is 5.73 Å². The van der Waals surface area contributed by atoms with Crippen molar-refractivity contribution in [2.45, 2.75) is 58.2 Å². The first kappa shape index (κ1) is 15.8. The highest BCUT2D eigenvalue weighted by molar-refractivity contribution is 6.30. The summed E-state index contributed by atoms with van der Waals surface area (Å²) >= 11 is 6.18. The monoisotopic (exact) mass is 294 g/mol. The zero-order valence-electron chi connectivity index (χ0n) is 12.8. The SMILES string of the molecule is CCC(N)C(c1cccc(Cl)c1)N1CC(C)CCC1C. The number of benzene rings is 1. The number of rotatable bonds is 4. The molecule has 0 aromatic heterocycles. The molecule has 1 saturated heterocycles. The van der Waals surface area contributed by atoms with E-state index >= 15 is 0 Å². The molecule has 4 unspecified atom stereocenters. The van der Waals surface area contributed by atoms with Crippen LogP contribution >= 0.6 is 11.6 Å². The molecule has 0 aliphatic carbocycles. The summed E-state index contributed by atoms with van der Waals surface area (Å²) in [6.07, 6.45) is 3.56. The summed E-state index contributed by atoms with van der Waals surface area (Å²) in [5, 5.41) is 0.800. The van der Waals surface area contributed by atoms with E-state index in [4.69, 9.17) is 17.3 Å². The summed E-state index contributed by atoms with van der Waals surface area (Å²) in [6, 6.07) is 9.23. The van der Waals surface area contributed by atoms with Gasteiger partial charge in [0, 0.05) is 23.7 Å². The number of hydrogen-bond acceptors (Lipinski definition) is 2. The lowest BCUT2D eigenvalue weighted by Crippen LogP contribution is -2.49. The highest BCUT2D eigenvalue weighted by atomic mass is 35.5. The lowest BCUT2D eigenvalue weighted by atomic mass is 9.88. The molecule has 112 valence electrons. The van der Waals surface area contributed by atoms with Gasteiger partial charge in [-0.05, 0) is 49.8 Å². The Balaban J connectivity index is 2.31. The van der Waals surface area contributed by atoms with Gasteiger partial charge in [0.2, 0.25) is 0 Å². The van der Waals surface area contributed by atoms with Crippen LogP contribution < -0.4 is 5.73 Å². The third-order valence-corrected chi connectivity index (χ3v) is 4.83. The number of hydrogen-bond donors (Lipinski definition) is 1. The lowest BCUT2D eigenvalue weighted by Gasteiger charge is -2.44. The quantitative estimate of drug-likeness (QED) is 0.900. The van der Waals surface area contributed by atoms with Crippen molar-refractivity contribution in [1.82, 2.24) is 4.90 Å². The first-order chi connectivity index (χ1) is 9.52.